The van der Waals surface area contributed by atoms with Crippen LogP contribution in [0.15, 0.2) is 30.5 Å². The number of fused-ring (bicyclic) bond motifs is 1. The van der Waals surface area contributed by atoms with E-state index in [0.29, 0.717) is 54.9 Å². The van der Waals surface area contributed by atoms with Gasteiger partial charge in [-0.3, -0.25) is 9.78 Å². The minimum Gasteiger partial charge on any atom is -0.497 e. The fourth-order valence-electron chi connectivity index (χ4n) is 5.34. The smallest absolute Gasteiger partial charge is 0.417 e. The Bertz CT molecular complexity index is 1090. The van der Waals surface area contributed by atoms with Crippen molar-refractivity contribution in [2.45, 2.75) is 64.8 Å². The molecule has 190 valence electrons. The van der Waals surface area contributed by atoms with Crippen LogP contribution in [-0.4, -0.2) is 35.5 Å². The molecule has 1 N–H and O–H groups in total. The van der Waals surface area contributed by atoms with Crippen LogP contribution in [0.1, 0.15) is 55.5 Å². The lowest BCUT2D eigenvalue weighted by Gasteiger charge is -2.39. The minimum absolute atomic E-state index is 0.0181. The number of amides is 1. The number of carbonyl (C=O) groups is 1. The predicted molar refractivity (Wildman–Crippen MR) is 123 cm³/mol. The largest absolute Gasteiger partial charge is 0.497 e. The third kappa shape index (κ3) is 5.15. The van der Waals surface area contributed by atoms with E-state index in [4.69, 9.17) is 4.74 Å². The summed E-state index contributed by atoms with van der Waals surface area (Å²) >= 11 is 0. The maximum absolute atomic E-state index is 14.3. The van der Waals surface area contributed by atoms with Crippen molar-refractivity contribution in [3.63, 3.8) is 0 Å². The maximum atomic E-state index is 14.3. The van der Waals surface area contributed by atoms with E-state index in [0.717, 1.165) is 18.7 Å². The number of nitrogens with zero attached hydrogens (tertiary/aromatic N) is 2. The van der Waals surface area contributed by atoms with Crippen molar-refractivity contribution in [2.75, 3.05) is 13.7 Å². The van der Waals surface area contributed by atoms with Gasteiger partial charge in [-0.15, -0.1) is 0 Å². The number of halogens is 4. The average Bonchev–Trinajstić information content (AvgIpc) is 3.27. The highest BCUT2D eigenvalue weighted by molar-refractivity contribution is 5.83. The molecule has 5 nitrogen and oxygen atoms in total. The number of hydrogen-bond acceptors (Lipinski definition) is 4. The third-order valence-corrected chi connectivity index (χ3v) is 7.58. The van der Waals surface area contributed by atoms with Crippen LogP contribution in [0.4, 0.5) is 17.6 Å². The SMILES string of the molecule is COc1ccc(CN[C@@H]2CC[C@@](C(=O)N3CCc4ncc(C(F)(F)F)cc4C3)(C(C)C)C2)c(F)c1. The third-order valence-electron chi connectivity index (χ3n) is 7.58. The number of carbonyl (C=O) groups excluding carboxylic acids is 1. The van der Waals surface area contributed by atoms with E-state index >= 15 is 0 Å². The molecule has 1 aromatic carbocycles. The molecule has 2 aromatic rings. The Kier molecular flexibility index (Phi) is 7.09. The highest BCUT2D eigenvalue weighted by Crippen LogP contribution is 2.46. The quantitative estimate of drug-likeness (QED) is 0.568. The van der Waals surface area contributed by atoms with E-state index in [-0.39, 0.29) is 30.2 Å². The van der Waals surface area contributed by atoms with Crippen LogP contribution in [0.5, 0.6) is 5.75 Å². The number of benzene rings is 1. The van der Waals surface area contributed by atoms with Gasteiger partial charge in [-0.1, -0.05) is 19.9 Å². The van der Waals surface area contributed by atoms with Gasteiger partial charge in [0.05, 0.1) is 18.1 Å². The Labute approximate surface area is 202 Å². The van der Waals surface area contributed by atoms with Crippen LogP contribution in [0, 0.1) is 17.2 Å². The fourth-order valence-corrected chi connectivity index (χ4v) is 5.34. The molecule has 2 aliphatic rings. The topological polar surface area (TPSA) is 54.5 Å². The zero-order chi connectivity index (χ0) is 25.4. The molecule has 1 fully saturated rings. The van der Waals surface area contributed by atoms with Gasteiger partial charge in [-0.05, 0) is 42.9 Å². The van der Waals surface area contributed by atoms with Crippen LogP contribution in [0.25, 0.3) is 0 Å². The molecule has 9 heteroatoms. The molecule has 0 radical (unpaired) electrons. The summed E-state index contributed by atoms with van der Waals surface area (Å²) in [6, 6.07) is 5.90. The summed E-state index contributed by atoms with van der Waals surface area (Å²) in [4.78, 5) is 19.5. The molecule has 0 unspecified atom stereocenters. The summed E-state index contributed by atoms with van der Waals surface area (Å²) in [6.45, 7) is 4.95. The Hall–Kier alpha value is -2.68. The number of nitrogens with one attached hydrogen (secondary N) is 1. The highest BCUT2D eigenvalue weighted by Gasteiger charge is 2.49. The molecular weight excluding hydrogens is 462 g/mol. The molecule has 0 bridgehead atoms. The van der Waals surface area contributed by atoms with E-state index in [1.54, 1.807) is 17.0 Å². The summed E-state index contributed by atoms with van der Waals surface area (Å²) in [6.07, 6.45) is -1.12. The van der Waals surface area contributed by atoms with Gasteiger partial charge in [0.15, 0.2) is 0 Å². The van der Waals surface area contributed by atoms with Gasteiger partial charge in [0, 0.05) is 55.6 Å². The van der Waals surface area contributed by atoms with Crippen molar-refractivity contribution in [2.24, 2.45) is 11.3 Å². The van der Waals surface area contributed by atoms with Crippen LogP contribution in [0.2, 0.25) is 0 Å². The van der Waals surface area contributed by atoms with Gasteiger partial charge in [-0.2, -0.15) is 13.2 Å². The molecule has 1 amide bonds. The van der Waals surface area contributed by atoms with Crippen molar-refractivity contribution in [3.8, 4) is 5.75 Å². The number of hydrogen-bond donors (Lipinski definition) is 1. The number of alkyl halides is 3. The van der Waals surface area contributed by atoms with Crippen LogP contribution in [-0.2, 0) is 30.5 Å². The van der Waals surface area contributed by atoms with E-state index < -0.39 is 17.2 Å². The number of methoxy groups -OCH3 is 1. The first-order valence-electron chi connectivity index (χ1n) is 11.9. The molecule has 2 atom stereocenters. The monoisotopic (exact) mass is 493 g/mol. The normalized spacial score (nSPS) is 22.4. The molecule has 1 saturated carbocycles. The van der Waals surface area contributed by atoms with Gasteiger partial charge in [0.25, 0.3) is 0 Å². The van der Waals surface area contributed by atoms with Crippen molar-refractivity contribution >= 4 is 5.91 Å². The first kappa shape index (κ1) is 25.4. The molecule has 2 heterocycles. The lowest BCUT2D eigenvalue weighted by atomic mass is 9.74. The van der Waals surface area contributed by atoms with Crippen LogP contribution >= 0.6 is 0 Å². The fraction of sp³-hybridized carbons (Fsp3) is 0.538. The van der Waals surface area contributed by atoms with E-state index in [9.17, 15) is 22.4 Å². The second-order valence-corrected chi connectivity index (χ2v) is 9.89. The van der Waals surface area contributed by atoms with Crippen molar-refractivity contribution in [1.29, 1.82) is 0 Å². The summed E-state index contributed by atoms with van der Waals surface area (Å²) in [7, 11) is 1.49. The Morgan fingerprint density at radius 1 is 1.31 bits per heavy atom. The predicted octanol–water partition coefficient (Wildman–Crippen LogP) is 5.12. The number of ether oxygens (including phenoxy) is 1. The Balaban J connectivity index is 1.45. The van der Waals surface area contributed by atoms with Gasteiger partial charge >= 0.3 is 6.18 Å². The molecule has 35 heavy (non-hydrogen) atoms. The first-order chi connectivity index (χ1) is 16.5. The average molecular weight is 494 g/mol. The van der Waals surface area contributed by atoms with Crippen molar-refractivity contribution < 1.29 is 27.1 Å². The Morgan fingerprint density at radius 2 is 2.09 bits per heavy atom. The summed E-state index contributed by atoms with van der Waals surface area (Å²) in [5.41, 5.74) is 0.205. The van der Waals surface area contributed by atoms with Crippen molar-refractivity contribution in [1.82, 2.24) is 15.2 Å². The second-order valence-electron chi connectivity index (χ2n) is 9.89. The molecule has 0 saturated heterocycles. The molecular formula is C26H31F4N3O2. The second kappa shape index (κ2) is 9.76. The lowest BCUT2D eigenvalue weighted by Crippen LogP contribution is -2.48. The van der Waals surface area contributed by atoms with Gasteiger partial charge < -0.3 is 15.0 Å². The van der Waals surface area contributed by atoms with E-state index in [1.165, 1.54) is 13.2 Å². The van der Waals surface area contributed by atoms with Crippen LogP contribution < -0.4 is 10.1 Å². The zero-order valence-corrected chi connectivity index (χ0v) is 20.2. The summed E-state index contributed by atoms with van der Waals surface area (Å²) in [5.74, 6) is 0.146. The van der Waals surface area contributed by atoms with E-state index in [1.807, 2.05) is 13.8 Å². The number of rotatable bonds is 6. The molecule has 1 aliphatic heterocycles. The number of aromatic nitrogens is 1. The highest BCUT2D eigenvalue weighted by atomic mass is 19.4. The number of pyridine rings is 1. The van der Waals surface area contributed by atoms with Crippen molar-refractivity contribution in [3.05, 3.63) is 58.7 Å². The molecule has 4 rings (SSSR count). The van der Waals surface area contributed by atoms with E-state index in [2.05, 4.69) is 10.3 Å². The first-order valence-corrected chi connectivity index (χ1v) is 11.9. The van der Waals surface area contributed by atoms with Gasteiger partial charge in [0.1, 0.15) is 11.6 Å². The minimum atomic E-state index is -4.47. The van der Waals surface area contributed by atoms with Gasteiger partial charge in [-0.25, -0.2) is 4.39 Å². The zero-order valence-electron chi connectivity index (χ0n) is 20.2. The van der Waals surface area contributed by atoms with Crippen LogP contribution in [0.3, 0.4) is 0 Å². The maximum Gasteiger partial charge on any atom is 0.417 e. The summed E-state index contributed by atoms with van der Waals surface area (Å²) < 4.78 is 58.9. The lowest BCUT2D eigenvalue weighted by molar-refractivity contribution is -0.145. The standard InChI is InChI=1S/C26H31F4N3O2/c1-16(2)25(8-6-20(12-25)31-13-17-4-5-21(35-3)11-22(17)27)24(34)33-9-7-23-18(15-33)10-19(14-32-23)26(28,29)30/h4-5,10-11,14,16,20,31H,6-9,12-13,15H2,1-3H3/t20-,25+/m1/s1. The Morgan fingerprint density at radius 3 is 2.74 bits per heavy atom. The summed E-state index contributed by atoms with van der Waals surface area (Å²) in [5, 5.41) is 3.40. The molecule has 0 spiro atoms. The molecule has 1 aromatic heterocycles. The molecule has 1 aliphatic carbocycles. The van der Waals surface area contributed by atoms with Gasteiger partial charge in [0.2, 0.25) is 5.91 Å².